The number of amides is 2. The highest BCUT2D eigenvalue weighted by molar-refractivity contribution is 5.92. The molecule has 1 unspecified atom stereocenters. The summed E-state index contributed by atoms with van der Waals surface area (Å²) >= 11 is 0. The molecule has 2 amide bonds. The SMILES string of the molecule is CCOC(=O)C(C)N(Cc1ccccc1)C(=O)Nc1ccc2c(c1)OCO2. The lowest BCUT2D eigenvalue weighted by molar-refractivity contribution is -0.147. The summed E-state index contributed by atoms with van der Waals surface area (Å²) in [5.41, 5.74) is 1.47. The number of hydrogen-bond acceptors (Lipinski definition) is 5. The molecule has 1 aliphatic rings. The fourth-order valence-electron chi connectivity index (χ4n) is 2.72. The highest BCUT2D eigenvalue weighted by atomic mass is 16.7. The maximum Gasteiger partial charge on any atom is 0.328 e. The summed E-state index contributed by atoms with van der Waals surface area (Å²) in [5.74, 6) is 0.754. The van der Waals surface area contributed by atoms with Gasteiger partial charge in [0.25, 0.3) is 0 Å². The molecule has 142 valence electrons. The van der Waals surface area contributed by atoms with Gasteiger partial charge in [0.05, 0.1) is 6.61 Å². The molecule has 0 fully saturated rings. The Balaban J connectivity index is 1.78. The minimum atomic E-state index is -0.737. The van der Waals surface area contributed by atoms with Crippen LogP contribution in [0.3, 0.4) is 0 Å². The van der Waals surface area contributed by atoms with E-state index in [1.54, 1.807) is 32.0 Å². The van der Waals surface area contributed by atoms with Crippen LogP contribution in [0.1, 0.15) is 19.4 Å². The van der Waals surface area contributed by atoms with Crippen LogP contribution in [0.4, 0.5) is 10.5 Å². The predicted octanol–water partition coefficient (Wildman–Crippen LogP) is 3.40. The van der Waals surface area contributed by atoms with Gasteiger partial charge in [0.1, 0.15) is 6.04 Å². The molecule has 7 nitrogen and oxygen atoms in total. The molecule has 2 aromatic carbocycles. The van der Waals surface area contributed by atoms with Crippen molar-refractivity contribution >= 4 is 17.7 Å². The largest absolute Gasteiger partial charge is 0.464 e. The van der Waals surface area contributed by atoms with Gasteiger partial charge in [0.15, 0.2) is 11.5 Å². The number of urea groups is 1. The smallest absolute Gasteiger partial charge is 0.328 e. The molecule has 0 aromatic heterocycles. The van der Waals surface area contributed by atoms with Crippen LogP contribution < -0.4 is 14.8 Å². The Morgan fingerprint density at radius 3 is 2.63 bits per heavy atom. The quantitative estimate of drug-likeness (QED) is 0.789. The third kappa shape index (κ3) is 4.49. The third-order valence-corrected chi connectivity index (χ3v) is 4.18. The highest BCUT2D eigenvalue weighted by Gasteiger charge is 2.27. The fourth-order valence-corrected chi connectivity index (χ4v) is 2.72. The summed E-state index contributed by atoms with van der Waals surface area (Å²) in [6, 6.07) is 13.5. The number of fused-ring (bicyclic) bond motifs is 1. The molecule has 0 spiro atoms. The number of benzene rings is 2. The van der Waals surface area contributed by atoms with Crippen LogP contribution in [0.15, 0.2) is 48.5 Å². The number of esters is 1. The number of nitrogens with one attached hydrogen (secondary N) is 1. The average molecular weight is 370 g/mol. The van der Waals surface area contributed by atoms with E-state index in [1.807, 2.05) is 30.3 Å². The van der Waals surface area contributed by atoms with Crippen LogP contribution in [-0.2, 0) is 16.1 Å². The van der Waals surface area contributed by atoms with E-state index in [2.05, 4.69) is 5.32 Å². The van der Waals surface area contributed by atoms with Crippen molar-refractivity contribution in [3.8, 4) is 11.5 Å². The summed E-state index contributed by atoms with van der Waals surface area (Å²) < 4.78 is 15.7. The zero-order chi connectivity index (χ0) is 19.2. The summed E-state index contributed by atoms with van der Waals surface area (Å²) in [6.07, 6.45) is 0. The Morgan fingerprint density at radius 1 is 1.15 bits per heavy atom. The zero-order valence-corrected chi connectivity index (χ0v) is 15.3. The van der Waals surface area contributed by atoms with E-state index >= 15 is 0 Å². The fraction of sp³-hybridized carbons (Fsp3) is 0.300. The first-order chi connectivity index (χ1) is 13.1. The van der Waals surface area contributed by atoms with Crippen molar-refractivity contribution in [3.63, 3.8) is 0 Å². The molecule has 0 bridgehead atoms. The molecule has 0 aliphatic carbocycles. The number of hydrogen-bond donors (Lipinski definition) is 1. The van der Waals surface area contributed by atoms with Gasteiger partial charge in [-0.25, -0.2) is 9.59 Å². The van der Waals surface area contributed by atoms with E-state index in [4.69, 9.17) is 14.2 Å². The number of anilines is 1. The number of rotatable bonds is 6. The number of carbonyl (C=O) groups excluding carboxylic acids is 2. The molecule has 7 heteroatoms. The zero-order valence-electron chi connectivity index (χ0n) is 15.3. The van der Waals surface area contributed by atoms with Crippen molar-refractivity contribution in [1.29, 1.82) is 0 Å². The van der Waals surface area contributed by atoms with Gasteiger partial charge in [-0.15, -0.1) is 0 Å². The van der Waals surface area contributed by atoms with Crippen molar-refractivity contribution in [2.24, 2.45) is 0 Å². The number of nitrogens with zero attached hydrogens (tertiary/aromatic N) is 1. The molecule has 1 atom stereocenters. The monoisotopic (exact) mass is 370 g/mol. The lowest BCUT2D eigenvalue weighted by atomic mass is 10.2. The van der Waals surface area contributed by atoms with Crippen molar-refractivity contribution in [2.75, 3.05) is 18.7 Å². The first-order valence-corrected chi connectivity index (χ1v) is 8.76. The van der Waals surface area contributed by atoms with Crippen LogP contribution >= 0.6 is 0 Å². The minimum absolute atomic E-state index is 0.159. The molecule has 0 radical (unpaired) electrons. The van der Waals surface area contributed by atoms with Crippen LogP contribution in [0.5, 0.6) is 11.5 Å². The van der Waals surface area contributed by atoms with Gasteiger partial charge >= 0.3 is 12.0 Å². The molecule has 1 N–H and O–H groups in total. The van der Waals surface area contributed by atoms with Gasteiger partial charge < -0.3 is 24.4 Å². The van der Waals surface area contributed by atoms with E-state index in [9.17, 15) is 9.59 Å². The summed E-state index contributed by atoms with van der Waals surface area (Å²) in [4.78, 5) is 26.5. The molecule has 1 aliphatic heterocycles. The number of ether oxygens (including phenoxy) is 3. The lowest BCUT2D eigenvalue weighted by Gasteiger charge is -2.28. The van der Waals surface area contributed by atoms with E-state index in [-0.39, 0.29) is 19.9 Å². The molecule has 1 heterocycles. The first-order valence-electron chi connectivity index (χ1n) is 8.76. The highest BCUT2D eigenvalue weighted by Crippen LogP contribution is 2.34. The molecule has 2 aromatic rings. The Morgan fingerprint density at radius 2 is 1.89 bits per heavy atom. The number of carbonyl (C=O) groups is 2. The molecule has 0 saturated carbocycles. The molecule has 27 heavy (non-hydrogen) atoms. The van der Waals surface area contributed by atoms with Gasteiger partial charge in [-0.05, 0) is 31.5 Å². The topological polar surface area (TPSA) is 77.1 Å². The maximum atomic E-state index is 12.9. The van der Waals surface area contributed by atoms with Crippen molar-refractivity contribution in [1.82, 2.24) is 4.90 Å². The Bertz CT molecular complexity index is 809. The van der Waals surface area contributed by atoms with E-state index in [1.165, 1.54) is 4.90 Å². The second-order valence-electron chi connectivity index (χ2n) is 6.04. The lowest BCUT2D eigenvalue weighted by Crippen LogP contribution is -2.45. The Kier molecular flexibility index (Phi) is 5.80. The minimum Gasteiger partial charge on any atom is -0.464 e. The van der Waals surface area contributed by atoms with Gasteiger partial charge in [-0.2, -0.15) is 0 Å². The second-order valence-corrected chi connectivity index (χ2v) is 6.04. The second kappa shape index (κ2) is 8.44. The molecular formula is C20H22N2O5. The summed E-state index contributed by atoms with van der Waals surface area (Å²) in [7, 11) is 0. The van der Waals surface area contributed by atoms with Crippen LogP contribution in [0.25, 0.3) is 0 Å². The average Bonchev–Trinajstić information content (AvgIpc) is 3.14. The van der Waals surface area contributed by atoms with Gasteiger partial charge in [-0.1, -0.05) is 30.3 Å². The maximum absolute atomic E-state index is 12.9. The summed E-state index contributed by atoms with van der Waals surface area (Å²) in [6.45, 7) is 4.08. The van der Waals surface area contributed by atoms with Gasteiger partial charge in [0.2, 0.25) is 6.79 Å². The van der Waals surface area contributed by atoms with Crippen molar-refractivity contribution < 1.29 is 23.8 Å². The van der Waals surface area contributed by atoms with Crippen molar-refractivity contribution in [3.05, 3.63) is 54.1 Å². The van der Waals surface area contributed by atoms with Crippen LogP contribution in [0.2, 0.25) is 0 Å². The van der Waals surface area contributed by atoms with Crippen LogP contribution in [-0.4, -0.2) is 36.3 Å². The standard InChI is InChI=1S/C20H22N2O5/c1-3-25-19(23)14(2)22(12-15-7-5-4-6-8-15)20(24)21-16-9-10-17-18(11-16)27-13-26-17/h4-11,14H,3,12-13H2,1-2H3,(H,21,24). The molecular weight excluding hydrogens is 348 g/mol. The summed E-state index contributed by atoms with van der Waals surface area (Å²) in [5, 5.41) is 2.81. The van der Waals surface area contributed by atoms with E-state index in [0.29, 0.717) is 17.2 Å². The van der Waals surface area contributed by atoms with Gasteiger partial charge in [-0.3, -0.25) is 0 Å². The van der Waals surface area contributed by atoms with Crippen LogP contribution in [0, 0.1) is 0 Å². The Hall–Kier alpha value is -3.22. The van der Waals surface area contributed by atoms with E-state index in [0.717, 1.165) is 5.56 Å². The van der Waals surface area contributed by atoms with Gasteiger partial charge in [0, 0.05) is 18.3 Å². The van der Waals surface area contributed by atoms with E-state index < -0.39 is 18.0 Å². The first kappa shape index (κ1) is 18.6. The van der Waals surface area contributed by atoms with Crippen molar-refractivity contribution in [2.45, 2.75) is 26.4 Å². The molecule has 3 rings (SSSR count). The normalized spacial score (nSPS) is 13.0. The third-order valence-electron chi connectivity index (χ3n) is 4.18. The Labute approximate surface area is 157 Å². The predicted molar refractivity (Wildman–Crippen MR) is 99.7 cm³/mol. The molecule has 0 saturated heterocycles.